The van der Waals surface area contributed by atoms with Crippen molar-refractivity contribution in [3.63, 3.8) is 0 Å². The summed E-state index contributed by atoms with van der Waals surface area (Å²) in [5, 5.41) is 3.52. The summed E-state index contributed by atoms with van der Waals surface area (Å²) in [5.74, 6) is 4.11. The highest BCUT2D eigenvalue weighted by Gasteiger charge is 2.23. The van der Waals surface area contributed by atoms with Gasteiger partial charge in [-0.1, -0.05) is 0 Å². The maximum absolute atomic E-state index is 13.1. The van der Waals surface area contributed by atoms with E-state index in [0.29, 0.717) is 0 Å². The van der Waals surface area contributed by atoms with Gasteiger partial charge in [0.25, 0.3) is 0 Å². The molecule has 1 aromatic carbocycles. The second kappa shape index (κ2) is 6.14. The average Bonchev–Trinajstić information content (AvgIpc) is 2.82. The Bertz CT molecular complexity index is 434. The molecular weight excluding hydrogens is 261 g/mol. The van der Waals surface area contributed by atoms with Crippen LogP contribution >= 0.6 is 11.8 Å². The predicted octanol–water partition coefficient (Wildman–Crippen LogP) is 2.86. The monoisotopic (exact) mass is 281 g/mol. The summed E-state index contributed by atoms with van der Waals surface area (Å²) >= 11 is 2.06. The molecule has 4 heteroatoms. The normalized spacial score (nSPS) is 23.1. The molecule has 0 saturated carbocycles. The number of hydrogen-bond acceptors (Lipinski definition) is 3. The van der Waals surface area contributed by atoms with Gasteiger partial charge in [0, 0.05) is 18.5 Å². The van der Waals surface area contributed by atoms with Crippen LogP contribution in [0.5, 0.6) is 5.75 Å². The average molecular weight is 281 g/mol. The van der Waals surface area contributed by atoms with Crippen molar-refractivity contribution in [2.45, 2.75) is 25.4 Å². The van der Waals surface area contributed by atoms with Crippen LogP contribution in [0.25, 0.3) is 0 Å². The third-order valence-corrected chi connectivity index (χ3v) is 4.96. The first-order chi connectivity index (χ1) is 9.31. The Labute approximate surface area is 118 Å². The van der Waals surface area contributed by atoms with Crippen LogP contribution in [0.15, 0.2) is 18.2 Å². The maximum atomic E-state index is 13.1. The van der Waals surface area contributed by atoms with E-state index in [9.17, 15) is 4.39 Å². The molecule has 2 aliphatic heterocycles. The summed E-state index contributed by atoms with van der Waals surface area (Å²) in [6.45, 7) is 1.95. The molecule has 2 heterocycles. The minimum Gasteiger partial charge on any atom is -0.488 e. The van der Waals surface area contributed by atoms with Gasteiger partial charge in [-0.3, -0.25) is 0 Å². The molecule has 19 heavy (non-hydrogen) atoms. The quantitative estimate of drug-likeness (QED) is 0.917. The first-order valence-corrected chi connectivity index (χ1v) is 8.20. The molecule has 0 spiro atoms. The van der Waals surface area contributed by atoms with Gasteiger partial charge in [-0.15, -0.1) is 0 Å². The molecule has 104 valence electrons. The third-order valence-electron chi connectivity index (χ3n) is 3.91. The Hall–Kier alpha value is -0.740. The number of rotatable bonds is 4. The lowest BCUT2D eigenvalue weighted by atomic mass is 10.0. The number of benzene rings is 1. The van der Waals surface area contributed by atoms with Gasteiger partial charge in [0.05, 0.1) is 0 Å². The predicted molar refractivity (Wildman–Crippen MR) is 77.4 cm³/mol. The summed E-state index contributed by atoms with van der Waals surface area (Å²) in [5.41, 5.74) is 1.00. The van der Waals surface area contributed by atoms with E-state index >= 15 is 0 Å². The van der Waals surface area contributed by atoms with E-state index in [4.69, 9.17) is 4.74 Å². The zero-order chi connectivity index (χ0) is 13.1. The lowest BCUT2D eigenvalue weighted by Gasteiger charge is -2.22. The number of thioether (sulfide) groups is 1. The number of nitrogens with one attached hydrogen (secondary N) is 1. The molecule has 1 saturated heterocycles. The van der Waals surface area contributed by atoms with E-state index in [1.807, 2.05) is 0 Å². The van der Waals surface area contributed by atoms with Gasteiger partial charge in [-0.05, 0) is 55.0 Å². The fourth-order valence-corrected chi connectivity index (χ4v) is 4.01. The highest BCUT2D eigenvalue weighted by molar-refractivity contribution is 7.99. The SMILES string of the molecule is Fc1ccc2c(c1)CC(CNCC1CCSCC1)O2. The summed E-state index contributed by atoms with van der Waals surface area (Å²) in [7, 11) is 0. The van der Waals surface area contributed by atoms with Gasteiger partial charge < -0.3 is 10.1 Å². The van der Waals surface area contributed by atoms with Crippen LogP contribution < -0.4 is 10.1 Å². The number of fused-ring (bicyclic) bond motifs is 1. The van der Waals surface area contributed by atoms with E-state index in [2.05, 4.69) is 17.1 Å². The highest BCUT2D eigenvalue weighted by atomic mass is 32.2. The fraction of sp³-hybridized carbons (Fsp3) is 0.600. The van der Waals surface area contributed by atoms with Crippen molar-refractivity contribution in [2.24, 2.45) is 5.92 Å². The molecule has 1 aromatic rings. The molecule has 1 atom stereocenters. The Morgan fingerprint density at radius 3 is 2.95 bits per heavy atom. The molecule has 2 nitrogen and oxygen atoms in total. The van der Waals surface area contributed by atoms with Gasteiger partial charge in [0.1, 0.15) is 17.7 Å². The largest absolute Gasteiger partial charge is 0.488 e. The van der Waals surface area contributed by atoms with Crippen LogP contribution in [0.2, 0.25) is 0 Å². The molecule has 0 bridgehead atoms. The van der Waals surface area contributed by atoms with Crippen molar-refractivity contribution < 1.29 is 9.13 Å². The minimum absolute atomic E-state index is 0.162. The van der Waals surface area contributed by atoms with E-state index in [0.717, 1.165) is 36.7 Å². The lowest BCUT2D eigenvalue weighted by molar-refractivity contribution is 0.224. The molecule has 1 unspecified atom stereocenters. The summed E-state index contributed by atoms with van der Waals surface area (Å²) in [6, 6.07) is 4.80. The van der Waals surface area contributed by atoms with Crippen molar-refractivity contribution in [3.8, 4) is 5.75 Å². The molecule has 2 aliphatic rings. The fourth-order valence-electron chi connectivity index (χ4n) is 2.80. The number of halogens is 1. The number of ether oxygens (including phenoxy) is 1. The van der Waals surface area contributed by atoms with Crippen LogP contribution in [0.3, 0.4) is 0 Å². The molecule has 0 aromatic heterocycles. The van der Waals surface area contributed by atoms with Crippen LogP contribution in [-0.2, 0) is 6.42 Å². The van der Waals surface area contributed by atoms with E-state index in [-0.39, 0.29) is 11.9 Å². The second-order valence-electron chi connectivity index (χ2n) is 5.41. The Kier molecular flexibility index (Phi) is 4.28. The first-order valence-electron chi connectivity index (χ1n) is 7.05. The summed E-state index contributed by atoms with van der Waals surface area (Å²) in [4.78, 5) is 0. The molecular formula is C15H20FNOS. The van der Waals surface area contributed by atoms with Crippen LogP contribution in [0, 0.1) is 11.7 Å². The van der Waals surface area contributed by atoms with Crippen molar-refractivity contribution >= 4 is 11.8 Å². The molecule has 0 aliphatic carbocycles. The zero-order valence-electron chi connectivity index (χ0n) is 11.0. The smallest absolute Gasteiger partial charge is 0.123 e. The standard InChI is InChI=1S/C15H20FNOS/c16-13-1-2-15-12(7-13)8-14(18-15)10-17-9-11-3-5-19-6-4-11/h1-2,7,11,14,17H,3-6,8-10H2. The minimum atomic E-state index is -0.171. The van der Waals surface area contributed by atoms with Gasteiger partial charge in [0.15, 0.2) is 0 Å². The Morgan fingerprint density at radius 1 is 1.26 bits per heavy atom. The molecule has 0 radical (unpaired) electrons. The van der Waals surface area contributed by atoms with E-state index < -0.39 is 0 Å². The van der Waals surface area contributed by atoms with E-state index in [1.165, 1.54) is 30.4 Å². The van der Waals surface area contributed by atoms with Crippen LogP contribution in [-0.4, -0.2) is 30.7 Å². The topological polar surface area (TPSA) is 21.3 Å². The van der Waals surface area contributed by atoms with Crippen LogP contribution in [0.1, 0.15) is 18.4 Å². The van der Waals surface area contributed by atoms with Crippen molar-refractivity contribution in [1.82, 2.24) is 5.32 Å². The third kappa shape index (κ3) is 3.42. The van der Waals surface area contributed by atoms with Gasteiger partial charge in [-0.25, -0.2) is 4.39 Å². The van der Waals surface area contributed by atoms with E-state index in [1.54, 1.807) is 12.1 Å². The Balaban J connectivity index is 1.43. The molecule has 3 rings (SSSR count). The molecule has 0 amide bonds. The number of hydrogen-bond donors (Lipinski definition) is 1. The summed E-state index contributed by atoms with van der Waals surface area (Å²) < 4.78 is 18.9. The Morgan fingerprint density at radius 2 is 2.11 bits per heavy atom. The molecule has 1 fully saturated rings. The first kappa shape index (κ1) is 13.3. The van der Waals surface area contributed by atoms with Crippen LogP contribution in [0.4, 0.5) is 4.39 Å². The summed E-state index contributed by atoms with van der Waals surface area (Å²) in [6.07, 6.45) is 3.64. The molecule has 1 N–H and O–H groups in total. The van der Waals surface area contributed by atoms with Gasteiger partial charge in [-0.2, -0.15) is 11.8 Å². The maximum Gasteiger partial charge on any atom is 0.123 e. The van der Waals surface area contributed by atoms with Crippen molar-refractivity contribution in [1.29, 1.82) is 0 Å². The lowest BCUT2D eigenvalue weighted by Crippen LogP contribution is -2.34. The van der Waals surface area contributed by atoms with Gasteiger partial charge in [0.2, 0.25) is 0 Å². The zero-order valence-corrected chi connectivity index (χ0v) is 11.8. The second-order valence-corrected chi connectivity index (χ2v) is 6.63. The highest BCUT2D eigenvalue weighted by Crippen LogP contribution is 2.29. The van der Waals surface area contributed by atoms with Gasteiger partial charge >= 0.3 is 0 Å². The van der Waals surface area contributed by atoms with Crippen molar-refractivity contribution in [2.75, 3.05) is 24.6 Å². The van der Waals surface area contributed by atoms with Crippen molar-refractivity contribution in [3.05, 3.63) is 29.6 Å².